The molecule has 3 N–H and O–H groups in total. The first-order valence-corrected chi connectivity index (χ1v) is 9.83. The second-order valence-electron chi connectivity index (χ2n) is 8.29. The summed E-state index contributed by atoms with van der Waals surface area (Å²) in [4.78, 5) is 21.3. The minimum Gasteiger partial charge on any atom is -0.442 e. The number of hydrogen-bond acceptors (Lipinski definition) is 5. The van der Waals surface area contributed by atoms with Crippen LogP contribution < -0.4 is 11.1 Å². The lowest BCUT2D eigenvalue weighted by molar-refractivity contribution is 0.1000. The molecule has 0 saturated heterocycles. The summed E-state index contributed by atoms with van der Waals surface area (Å²) in [5.41, 5.74) is 6.49. The molecule has 0 bridgehead atoms. The Morgan fingerprint density at radius 1 is 1.27 bits per heavy atom. The number of hydrogen-bond donors (Lipinski definition) is 2. The van der Waals surface area contributed by atoms with Gasteiger partial charge in [-0.15, -0.1) is 0 Å². The van der Waals surface area contributed by atoms with Crippen molar-refractivity contribution in [2.75, 3.05) is 5.32 Å². The average Bonchev–Trinajstić information content (AvgIpc) is 3.22. The number of primary amides is 1. The predicted octanol–water partition coefficient (Wildman–Crippen LogP) is 4.11. The summed E-state index contributed by atoms with van der Waals surface area (Å²) >= 11 is 0. The van der Waals surface area contributed by atoms with E-state index >= 15 is 0 Å². The van der Waals surface area contributed by atoms with Crippen molar-refractivity contribution in [3.8, 4) is 0 Å². The first-order chi connectivity index (χ1) is 12.5. The molecule has 0 radical (unpaired) electrons. The molecule has 2 heterocycles. The maximum absolute atomic E-state index is 11.9. The van der Waals surface area contributed by atoms with Crippen molar-refractivity contribution in [1.29, 1.82) is 0 Å². The minimum atomic E-state index is -0.496. The van der Waals surface area contributed by atoms with E-state index in [1.165, 1.54) is 32.1 Å². The Hall–Kier alpha value is -2.11. The molecule has 0 aromatic carbocycles. The van der Waals surface area contributed by atoms with Gasteiger partial charge in [0.25, 0.3) is 5.91 Å². The number of carbonyl (C=O) groups excluding carboxylic acids is 1. The van der Waals surface area contributed by atoms with E-state index in [9.17, 15) is 4.79 Å². The van der Waals surface area contributed by atoms with Crippen LogP contribution in [0.1, 0.15) is 80.2 Å². The Kier molecular flexibility index (Phi) is 4.37. The molecule has 6 nitrogen and oxygen atoms in total. The Bertz CT molecular complexity index is 832. The van der Waals surface area contributed by atoms with Crippen LogP contribution in [0.15, 0.2) is 4.42 Å². The zero-order valence-electron chi connectivity index (χ0n) is 15.7. The third-order valence-electron chi connectivity index (χ3n) is 5.94. The number of anilines is 1. The topological polar surface area (TPSA) is 94.0 Å². The molecule has 2 aliphatic rings. The summed E-state index contributed by atoms with van der Waals surface area (Å²) in [5.74, 6) is 2.28. The standard InChI is InChI=1S/C20H28N4O2/c1-12-15(17(21)25)16-18(24-20(2)10-11-20)22-14(23-19(16)26-12)9-8-13-6-4-3-5-7-13/h13H,3-11H2,1-2H3,(H2,21,25)(H,22,23,24). The van der Waals surface area contributed by atoms with E-state index < -0.39 is 5.91 Å². The first-order valence-electron chi connectivity index (χ1n) is 9.83. The normalized spacial score (nSPS) is 19.6. The highest BCUT2D eigenvalue weighted by Crippen LogP contribution is 2.40. The summed E-state index contributed by atoms with van der Waals surface area (Å²) in [6.07, 6.45) is 10.8. The van der Waals surface area contributed by atoms with Gasteiger partial charge in [0.05, 0.1) is 10.9 Å². The zero-order valence-corrected chi connectivity index (χ0v) is 15.7. The molecule has 1 amide bonds. The van der Waals surface area contributed by atoms with E-state index in [0.29, 0.717) is 28.2 Å². The fraction of sp³-hybridized carbons (Fsp3) is 0.650. The van der Waals surface area contributed by atoms with Gasteiger partial charge >= 0.3 is 0 Å². The Balaban J connectivity index is 1.67. The van der Waals surface area contributed by atoms with Crippen molar-refractivity contribution in [3.05, 3.63) is 17.1 Å². The average molecular weight is 356 g/mol. The van der Waals surface area contributed by atoms with E-state index in [1.807, 2.05) is 0 Å². The molecule has 2 aliphatic carbocycles. The summed E-state index contributed by atoms with van der Waals surface area (Å²) in [7, 11) is 0. The quantitative estimate of drug-likeness (QED) is 0.812. The van der Waals surface area contributed by atoms with Gasteiger partial charge in [-0.25, -0.2) is 4.98 Å². The SMILES string of the molecule is Cc1oc2nc(CCC3CCCCC3)nc(NC3(C)CC3)c2c1C(N)=O. The van der Waals surface area contributed by atoms with Crippen LogP contribution in [0.2, 0.25) is 0 Å². The van der Waals surface area contributed by atoms with Gasteiger partial charge in [-0.1, -0.05) is 32.1 Å². The van der Waals surface area contributed by atoms with Crippen LogP contribution in [-0.2, 0) is 6.42 Å². The minimum absolute atomic E-state index is 0.0437. The molecule has 6 heteroatoms. The molecule has 2 fully saturated rings. The van der Waals surface area contributed by atoms with Crippen molar-refractivity contribution in [2.45, 2.75) is 77.2 Å². The Labute approximate surface area is 153 Å². The smallest absolute Gasteiger partial charge is 0.253 e. The molecule has 0 atom stereocenters. The molecule has 2 saturated carbocycles. The fourth-order valence-corrected chi connectivity index (χ4v) is 4.06. The highest BCUT2D eigenvalue weighted by molar-refractivity contribution is 6.09. The van der Waals surface area contributed by atoms with E-state index in [1.54, 1.807) is 6.92 Å². The van der Waals surface area contributed by atoms with E-state index in [4.69, 9.17) is 15.1 Å². The highest BCUT2D eigenvalue weighted by Gasteiger charge is 2.38. The number of amides is 1. The third kappa shape index (κ3) is 3.41. The molecule has 2 aromatic rings. The van der Waals surface area contributed by atoms with Crippen LogP contribution in [0.3, 0.4) is 0 Å². The number of carbonyl (C=O) groups is 1. The molecule has 26 heavy (non-hydrogen) atoms. The number of fused-ring (bicyclic) bond motifs is 1. The fourth-order valence-electron chi connectivity index (χ4n) is 4.06. The van der Waals surface area contributed by atoms with Crippen molar-refractivity contribution in [3.63, 3.8) is 0 Å². The maximum Gasteiger partial charge on any atom is 0.253 e. The second-order valence-corrected chi connectivity index (χ2v) is 8.29. The van der Waals surface area contributed by atoms with Gasteiger partial charge in [0.2, 0.25) is 5.71 Å². The third-order valence-corrected chi connectivity index (χ3v) is 5.94. The van der Waals surface area contributed by atoms with Crippen molar-refractivity contribution < 1.29 is 9.21 Å². The summed E-state index contributed by atoms with van der Waals surface area (Å²) in [6.45, 7) is 3.92. The molecule has 2 aromatic heterocycles. The summed E-state index contributed by atoms with van der Waals surface area (Å²) in [6, 6.07) is 0. The zero-order chi connectivity index (χ0) is 18.3. The number of nitrogens with two attached hydrogens (primary N) is 1. The van der Waals surface area contributed by atoms with Crippen LogP contribution in [0, 0.1) is 12.8 Å². The molecule has 0 spiro atoms. The van der Waals surface area contributed by atoms with Crippen molar-refractivity contribution in [1.82, 2.24) is 9.97 Å². The Morgan fingerprint density at radius 3 is 2.65 bits per heavy atom. The monoisotopic (exact) mass is 356 g/mol. The van der Waals surface area contributed by atoms with Gasteiger partial charge in [0.1, 0.15) is 17.4 Å². The largest absolute Gasteiger partial charge is 0.442 e. The van der Waals surface area contributed by atoms with Crippen LogP contribution in [0.25, 0.3) is 11.1 Å². The number of nitrogens with zero attached hydrogens (tertiary/aromatic N) is 2. The van der Waals surface area contributed by atoms with Crippen molar-refractivity contribution >= 4 is 22.8 Å². The van der Waals surface area contributed by atoms with E-state index in [2.05, 4.69) is 17.2 Å². The molecule has 4 rings (SSSR count). The van der Waals surface area contributed by atoms with E-state index in [0.717, 1.165) is 37.4 Å². The van der Waals surface area contributed by atoms with Gasteiger partial charge in [0.15, 0.2) is 0 Å². The first kappa shape index (κ1) is 17.3. The van der Waals surface area contributed by atoms with Gasteiger partial charge in [-0.3, -0.25) is 4.79 Å². The van der Waals surface area contributed by atoms with Crippen LogP contribution in [0.5, 0.6) is 0 Å². The number of rotatable bonds is 6. The Morgan fingerprint density at radius 2 is 2.00 bits per heavy atom. The number of furan rings is 1. The van der Waals surface area contributed by atoms with Crippen LogP contribution in [0.4, 0.5) is 5.82 Å². The van der Waals surface area contributed by atoms with Crippen molar-refractivity contribution in [2.24, 2.45) is 11.7 Å². The van der Waals surface area contributed by atoms with Gasteiger partial charge < -0.3 is 15.5 Å². The number of aryl methyl sites for hydroxylation is 2. The van der Waals surface area contributed by atoms with Crippen LogP contribution in [-0.4, -0.2) is 21.4 Å². The van der Waals surface area contributed by atoms with Gasteiger partial charge in [0, 0.05) is 12.0 Å². The lowest BCUT2D eigenvalue weighted by Gasteiger charge is -2.21. The van der Waals surface area contributed by atoms with E-state index in [-0.39, 0.29) is 5.54 Å². The second kappa shape index (κ2) is 6.56. The van der Waals surface area contributed by atoms with Gasteiger partial charge in [-0.2, -0.15) is 4.98 Å². The maximum atomic E-state index is 11.9. The predicted molar refractivity (Wildman–Crippen MR) is 101 cm³/mol. The number of nitrogens with one attached hydrogen (secondary N) is 1. The van der Waals surface area contributed by atoms with Crippen LogP contribution >= 0.6 is 0 Å². The molecular weight excluding hydrogens is 328 g/mol. The molecule has 0 unspecified atom stereocenters. The molecular formula is C20H28N4O2. The molecule has 0 aliphatic heterocycles. The number of aromatic nitrogens is 2. The highest BCUT2D eigenvalue weighted by atomic mass is 16.3. The lowest BCUT2D eigenvalue weighted by Crippen LogP contribution is -2.19. The molecule has 140 valence electrons. The van der Waals surface area contributed by atoms with Gasteiger partial charge in [-0.05, 0) is 39.0 Å². The summed E-state index contributed by atoms with van der Waals surface area (Å²) in [5, 5.41) is 4.13. The lowest BCUT2D eigenvalue weighted by atomic mass is 9.86. The summed E-state index contributed by atoms with van der Waals surface area (Å²) < 4.78 is 5.78.